The van der Waals surface area contributed by atoms with Crippen LogP contribution in [0.5, 0.6) is 0 Å². The summed E-state index contributed by atoms with van der Waals surface area (Å²) in [4.78, 5) is 2.51. The highest BCUT2D eigenvalue weighted by atomic mass is 15.1. The van der Waals surface area contributed by atoms with Crippen LogP contribution in [0.4, 0.5) is 0 Å². The Labute approximate surface area is 124 Å². The minimum absolute atomic E-state index is 1.05. The first-order valence-electron chi connectivity index (χ1n) is 7.88. The zero-order valence-corrected chi connectivity index (χ0v) is 13.2. The average Bonchev–Trinajstić information content (AvgIpc) is 2.50. The summed E-state index contributed by atoms with van der Waals surface area (Å²) in [5.41, 5.74) is 2.76. The number of piperidine rings is 1. The maximum Gasteiger partial charge on any atom is 0.0269 e. The molecule has 1 aromatic rings. The predicted molar refractivity (Wildman–Crippen MR) is 89.0 cm³/mol. The Morgan fingerprint density at radius 3 is 2.35 bits per heavy atom. The quantitative estimate of drug-likeness (QED) is 0.822. The van der Waals surface area contributed by atoms with Crippen LogP contribution in [0.2, 0.25) is 0 Å². The molecule has 1 saturated heterocycles. The fraction of sp³-hybridized carbons (Fsp3) is 0.556. The van der Waals surface area contributed by atoms with Crippen LogP contribution >= 0.6 is 0 Å². The fourth-order valence-corrected chi connectivity index (χ4v) is 2.33. The van der Waals surface area contributed by atoms with E-state index >= 15 is 0 Å². The van der Waals surface area contributed by atoms with E-state index in [1.807, 2.05) is 0 Å². The van der Waals surface area contributed by atoms with Crippen LogP contribution in [0.3, 0.4) is 0 Å². The van der Waals surface area contributed by atoms with E-state index in [1.54, 1.807) is 6.20 Å². The Morgan fingerprint density at radius 1 is 1.15 bits per heavy atom. The molecule has 0 unspecified atom stereocenters. The molecule has 2 nitrogen and oxygen atoms in total. The van der Waals surface area contributed by atoms with Gasteiger partial charge in [-0.1, -0.05) is 49.8 Å². The first-order chi connectivity index (χ1) is 9.76. The number of rotatable bonds is 5. The third-order valence-corrected chi connectivity index (χ3v) is 3.69. The molecule has 1 aliphatic heterocycles. The summed E-state index contributed by atoms with van der Waals surface area (Å²) >= 11 is 0. The second kappa shape index (κ2) is 10.5. The number of nitrogens with one attached hydrogen (secondary N) is 1. The zero-order valence-electron chi connectivity index (χ0n) is 13.2. The van der Waals surface area contributed by atoms with Crippen molar-refractivity contribution in [1.82, 2.24) is 10.2 Å². The molecule has 1 fully saturated rings. The number of nitrogens with zero attached hydrogens (tertiary/aromatic N) is 1. The number of hydrogen-bond donors (Lipinski definition) is 1. The van der Waals surface area contributed by atoms with E-state index in [-0.39, 0.29) is 0 Å². The van der Waals surface area contributed by atoms with Crippen molar-refractivity contribution < 1.29 is 0 Å². The second-order valence-electron chi connectivity index (χ2n) is 5.40. The van der Waals surface area contributed by atoms with Crippen LogP contribution in [-0.2, 0) is 6.42 Å². The monoisotopic (exact) mass is 274 g/mol. The summed E-state index contributed by atoms with van der Waals surface area (Å²) in [6.45, 7) is 12.7. The van der Waals surface area contributed by atoms with Crippen molar-refractivity contribution in [3.63, 3.8) is 0 Å². The molecule has 112 valence electrons. The molecule has 1 heterocycles. The van der Waals surface area contributed by atoms with Gasteiger partial charge in [0.15, 0.2) is 0 Å². The van der Waals surface area contributed by atoms with Crippen molar-refractivity contribution in [2.24, 2.45) is 0 Å². The summed E-state index contributed by atoms with van der Waals surface area (Å²) in [5, 5.41) is 3.12. The van der Waals surface area contributed by atoms with Crippen molar-refractivity contribution in [3.05, 3.63) is 48.2 Å². The second-order valence-corrected chi connectivity index (χ2v) is 5.40. The van der Waals surface area contributed by atoms with Gasteiger partial charge in [0, 0.05) is 13.1 Å². The van der Waals surface area contributed by atoms with Gasteiger partial charge < -0.3 is 10.2 Å². The third kappa shape index (κ3) is 7.34. The van der Waals surface area contributed by atoms with E-state index in [0.29, 0.717) is 0 Å². The van der Waals surface area contributed by atoms with Crippen LogP contribution in [0.25, 0.3) is 0 Å². The molecule has 0 bridgehead atoms. The lowest BCUT2D eigenvalue weighted by Gasteiger charge is -2.26. The van der Waals surface area contributed by atoms with Crippen LogP contribution in [0.15, 0.2) is 37.0 Å². The summed E-state index contributed by atoms with van der Waals surface area (Å²) in [6, 6.07) is 8.66. The number of likely N-dealkylation sites (tertiary alicyclic amines) is 1. The molecule has 2 rings (SSSR count). The molecule has 0 aromatic heterocycles. The van der Waals surface area contributed by atoms with Gasteiger partial charge in [0.05, 0.1) is 0 Å². The molecule has 1 N–H and O–H groups in total. The van der Waals surface area contributed by atoms with E-state index in [4.69, 9.17) is 0 Å². The van der Waals surface area contributed by atoms with Gasteiger partial charge in [0.1, 0.15) is 0 Å². The van der Waals surface area contributed by atoms with Gasteiger partial charge >= 0.3 is 0 Å². The minimum atomic E-state index is 1.05. The maximum atomic E-state index is 3.61. The molecule has 0 aliphatic carbocycles. The van der Waals surface area contributed by atoms with E-state index < -0.39 is 0 Å². The summed E-state index contributed by atoms with van der Waals surface area (Å²) in [7, 11) is 0. The van der Waals surface area contributed by atoms with Gasteiger partial charge in [0.25, 0.3) is 0 Å². The highest BCUT2D eigenvalue weighted by Crippen LogP contribution is 2.07. The van der Waals surface area contributed by atoms with Gasteiger partial charge in [0.2, 0.25) is 0 Å². The molecule has 20 heavy (non-hydrogen) atoms. The van der Waals surface area contributed by atoms with Crippen LogP contribution in [-0.4, -0.2) is 31.1 Å². The van der Waals surface area contributed by atoms with Crippen LogP contribution in [0, 0.1) is 6.92 Å². The van der Waals surface area contributed by atoms with Crippen molar-refractivity contribution in [2.75, 3.05) is 26.2 Å². The van der Waals surface area contributed by atoms with Crippen molar-refractivity contribution in [1.29, 1.82) is 0 Å². The summed E-state index contributed by atoms with van der Waals surface area (Å²) in [6.07, 6.45) is 7.10. The van der Waals surface area contributed by atoms with Gasteiger partial charge in [-0.05, 0) is 51.0 Å². The minimum Gasteiger partial charge on any atom is -0.390 e. The van der Waals surface area contributed by atoms with E-state index in [9.17, 15) is 0 Å². The lowest BCUT2D eigenvalue weighted by atomic mass is 10.1. The largest absolute Gasteiger partial charge is 0.390 e. The molecule has 0 radical (unpaired) electrons. The topological polar surface area (TPSA) is 15.3 Å². The Balaban J connectivity index is 0.000000204. The summed E-state index contributed by atoms with van der Waals surface area (Å²) in [5.74, 6) is 0. The smallest absolute Gasteiger partial charge is 0.0269 e. The van der Waals surface area contributed by atoms with E-state index in [2.05, 4.69) is 54.9 Å². The molecule has 0 saturated carbocycles. The van der Waals surface area contributed by atoms with Gasteiger partial charge in [-0.15, -0.1) is 0 Å². The molecular weight excluding hydrogens is 244 g/mol. The highest BCUT2D eigenvalue weighted by Gasteiger charge is 2.07. The molecule has 0 atom stereocenters. The maximum absolute atomic E-state index is 3.61. The Bertz CT molecular complexity index is 350. The Morgan fingerprint density at radius 2 is 1.80 bits per heavy atom. The number of benzene rings is 1. The molecular formula is C18H30N2. The normalized spacial score (nSPS) is 15.1. The average molecular weight is 274 g/mol. The number of aryl methyl sites for hydroxylation is 2. The van der Waals surface area contributed by atoms with Crippen molar-refractivity contribution in [3.8, 4) is 0 Å². The van der Waals surface area contributed by atoms with Gasteiger partial charge in [-0.2, -0.15) is 0 Å². The molecule has 1 aromatic carbocycles. The molecule has 2 heteroatoms. The summed E-state index contributed by atoms with van der Waals surface area (Å²) < 4.78 is 0. The third-order valence-electron chi connectivity index (χ3n) is 3.69. The number of hydrogen-bond acceptors (Lipinski definition) is 2. The molecule has 0 spiro atoms. The Hall–Kier alpha value is -1.28. The first kappa shape index (κ1) is 16.8. The van der Waals surface area contributed by atoms with E-state index in [1.165, 1.54) is 50.0 Å². The SMILES string of the molecule is C=CNCCN1CCCCC1.CCc1ccc(C)cc1. The standard InChI is InChI=1S/C9H18N2.C9H12/c1-2-10-6-9-11-7-4-3-5-8-11;1-3-9-6-4-8(2)5-7-9/h2,10H,1,3-9H2;4-7H,3H2,1-2H3. The lowest BCUT2D eigenvalue weighted by molar-refractivity contribution is 0.231. The predicted octanol–water partition coefficient (Wildman–Crippen LogP) is 3.76. The van der Waals surface area contributed by atoms with Crippen molar-refractivity contribution in [2.45, 2.75) is 39.5 Å². The van der Waals surface area contributed by atoms with Gasteiger partial charge in [-0.25, -0.2) is 0 Å². The van der Waals surface area contributed by atoms with Crippen LogP contribution in [0.1, 0.15) is 37.3 Å². The Kier molecular flexibility index (Phi) is 8.81. The highest BCUT2D eigenvalue weighted by molar-refractivity contribution is 5.20. The van der Waals surface area contributed by atoms with Crippen molar-refractivity contribution >= 4 is 0 Å². The zero-order chi connectivity index (χ0) is 14.6. The molecule has 0 amide bonds. The van der Waals surface area contributed by atoms with Crippen LogP contribution < -0.4 is 5.32 Å². The fourth-order valence-electron chi connectivity index (χ4n) is 2.33. The molecule has 1 aliphatic rings. The van der Waals surface area contributed by atoms with Gasteiger partial charge in [-0.3, -0.25) is 0 Å². The first-order valence-corrected chi connectivity index (χ1v) is 7.88. The van der Waals surface area contributed by atoms with E-state index in [0.717, 1.165) is 13.0 Å². The lowest BCUT2D eigenvalue weighted by Crippen LogP contribution is -2.34.